The second kappa shape index (κ2) is 4.96. The molecule has 3 fully saturated rings. The first-order valence-electron chi connectivity index (χ1n) is 8.04. The highest BCUT2D eigenvalue weighted by atomic mass is 19.1. The van der Waals surface area contributed by atoms with Crippen molar-refractivity contribution in [3.63, 3.8) is 0 Å². The molecule has 1 saturated carbocycles. The van der Waals surface area contributed by atoms with E-state index in [2.05, 4.69) is 5.32 Å². The second-order valence-electron chi connectivity index (χ2n) is 6.97. The molecule has 21 heavy (non-hydrogen) atoms. The van der Waals surface area contributed by atoms with Crippen LogP contribution in [-0.2, 0) is 5.60 Å². The summed E-state index contributed by atoms with van der Waals surface area (Å²) in [5.41, 5.74) is -0.320. The van der Waals surface area contributed by atoms with E-state index in [1.165, 1.54) is 25.0 Å². The van der Waals surface area contributed by atoms with E-state index in [4.69, 9.17) is 4.74 Å². The molecule has 0 amide bonds. The quantitative estimate of drug-likeness (QED) is 0.896. The lowest BCUT2D eigenvalue weighted by Gasteiger charge is -2.38. The lowest BCUT2D eigenvalue weighted by Crippen LogP contribution is -2.46. The SMILES string of the molecule is OC1(c2cc(F)ccc2OCC2CC2)CC2CCC(C1)N2. The van der Waals surface area contributed by atoms with Gasteiger partial charge in [0, 0.05) is 17.6 Å². The van der Waals surface area contributed by atoms with E-state index in [1.54, 1.807) is 6.07 Å². The molecule has 2 saturated heterocycles. The Bertz CT molecular complexity index is 532. The van der Waals surface area contributed by atoms with Gasteiger partial charge in [0.25, 0.3) is 0 Å². The molecule has 2 heterocycles. The molecule has 3 aliphatic rings. The van der Waals surface area contributed by atoms with Gasteiger partial charge in [0.2, 0.25) is 0 Å². The standard InChI is InChI=1S/C17H22FNO2/c18-12-3-6-16(21-10-11-1-2-11)15(7-12)17(20)8-13-4-5-14(9-17)19-13/h3,6-7,11,13-14,19-20H,1-2,4-5,8-10H2. The van der Waals surface area contributed by atoms with Crippen LogP contribution in [0.5, 0.6) is 5.75 Å². The predicted octanol–water partition coefficient (Wildman–Crippen LogP) is 2.72. The summed E-state index contributed by atoms with van der Waals surface area (Å²) in [4.78, 5) is 0. The Morgan fingerprint density at radius 2 is 1.90 bits per heavy atom. The summed E-state index contributed by atoms with van der Waals surface area (Å²) in [6.45, 7) is 0.680. The van der Waals surface area contributed by atoms with Crippen molar-refractivity contribution in [1.29, 1.82) is 0 Å². The van der Waals surface area contributed by atoms with E-state index in [0.29, 0.717) is 48.8 Å². The van der Waals surface area contributed by atoms with Gasteiger partial charge >= 0.3 is 0 Å². The first kappa shape index (κ1) is 13.5. The van der Waals surface area contributed by atoms with Crippen LogP contribution in [-0.4, -0.2) is 23.8 Å². The fourth-order valence-corrected chi connectivity index (χ4v) is 3.83. The third kappa shape index (κ3) is 2.67. The lowest BCUT2D eigenvalue weighted by atomic mass is 9.81. The molecule has 2 atom stereocenters. The fourth-order valence-electron chi connectivity index (χ4n) is 3.83. The summed E-state index contributed by atoms with van der Waals surface area (Å²) in [6.07, 6.45) is 5.92. The van der Waals surface area contributed by atoms with Crippen molar-refractivity contribution in [2.75, 3.05) is 6.61 Å². The Morgan fingerprint density at radius 3 is 2.57 bits per heavy atom. The van der Waals surface area contributed by atoms with Gasteiger partial charge in [-0.05, 0) is 62.6 Å². The van der Waals surface area contributed by atoms with Crippen molar-refractivity contribution >= 4 is 0 Å². The molecule has 4 rings (SSSR count). The maximum atomic E-state index is 13.7. The largest absolute Gasteiger partial charge is 0.493 e. The summed E-state index contributed by atoms with van der Waals surface area (Å²) in [5.74, 6) is 0.997. The Kier molecular flexibility index (Phi) is 3.19. The van der Waals surface area contributed by atoms with Crippen molar-refractivity contribution in [1.82, 2.24) is 5.32 Å². The third-order valence-electron chi connectivity index (χ3n) is 5.12. The molecule has 0 aromatic heterocycles. The molecule has 4 heteroatoms. The molecule has 0 radical (unpaired) electrons. The van der Waals surface area contributed by atoms with Gasteiger partial charge in [0.1, 0.15) is 11.6 Å². The molecule has 0 spiro atoms. The maximum absolute atomic E-state index is 13.7. The molecule has 3 nitrogen and oxygen atoms in total. The smallest absolute Gasteiger partial charge is 0.125 e. The van der Waals surface area contributed by atoms with Gasteiger partial charge in [0.05, 0.1) is 12.2 Å². The zero-order valence-corrected chi connectivity index (χ0v) is 12.1. The van der Waals surface area contributed by atoms with Crippen LogP contribution in [0, 0.1) is 11.7 Å². The molecular weight excluding hydrogens is 269 g/mol. The summed E-state index contributed by atoms with van der Waals surface area (Å²) in [6, 6.07) is 5.24. The number of nitrogens with one attached hydrogen (secondary N) is 1. The number of ether oxygens (including phenoxy) is 1. The number of hydrogen-bond acceptors (Lipinski definition) is 3. The fraction of sp³-hybridized carbons (Fsp3) is 0.647. The first-order valence-corrected chi connectivity index (χ1v) is 8.04. The third-order valence-corrected chi connectivity index (χ3v) is 5.12. The van der Waals surface area contributed by atoms with Crippen LogP contribution in [0.1, 0.15) is 44.1 Å². The average Bonchev–Trinajstić information content (AvgIpc) is 3.22. The normalized spacial score (nSPS) is 35.0. The monoisotopic (exact) mass is 291 g/mol. The number of piperidine rings is 1. The van der Waals surface area contributed by atoms with E-state index in [1.807, 2.05) is 0 Å². The topological polar surface area (TPSA) is 41.5 Å². The van der Waals surface area contributed by atoms with Gasteiger partial charge < -0.3 is 15.2 Å². The van der Waals surface area contributed by atoms with Crippen LogP contribution in [0.15, 0.2) is 18.2 Å². The van der Waals surface area contributed by atoms with Crippen LogP contribution in [0.3, 0.4) is 0 Å². The molecule has 1 aliphatic carbocycles. The first-order chi connectivity index (χ1) is 10.1. The molecule has 2 unspecified atom stereocenters. The van der Waals surface area contributed by atoms with Gasteiger partial charge in [-0.2, -0.15) is 0 Å². The van der Waals surface area contributed by atoms with Crippen LogP contribution in [0.4, 0.5) is 4.39 Å². The van der Waals surface area contributed by atoms with Gasteiger partial charge in [-0.3, -0.25) is 0 Å². The van der Waals surface area contributed by atoms with Crippen molar-refractivity contribution in [2.24, 2.45) is 5.92 Å². The van der Waals surface area contributed by atoms with E-state index in [-0.39, 0.29) is 5.82 Å². The number of fused-ring (bicyclic) bond motifs is 2. The molecule has 2 bridgehead atoms. The number of hydrogen-bond donors (Lipinski definition) is 2. The van der Waals surface area contributed by atoms with Crippen LogP contribution >= 0.6 is 0 Å². The highest BCUT2D eigenvalue weighted by Crippen LogP contribution is 2.44. The van der Waals surface area contributed by atoms with Gasteiger partial charge in [-0.1, -0.05) is 0 Å². The second-order valence-corrected chi connectivity index (χ2v) is 6.97. The molecule has 114 valence electrons. The Hall–Kier alpha value is -1.13. The van der Waals surface area contributed by atoms with Crippen molar-refractivity contribution in [3.05, 3.63) is 29.6 Å². The highest BCUT2D eigenvalue weighted by Gasteiger charge is 2.45. The minimum Gasteiger partial charge on any atom is -0.493 e. The van der Waals surface area contributed by atoms with Crippen LogP contribution < -0.4 is 10.1 Å². The Balaban J connectivity index is 1.63. The van der Waals surface area contributed by atoms with Crippen molar-refractivity contribution < 1.29 is 14.2 Å². The Labute approximate surface area is 124 Å². The van der Waals surface area contributed by atoms with E-state index < -0.39 is 5.60 Å². The minimum absolute atomic E-state index is 0.303. The molecule has 2 N–H and O–H groups in total. The molecule has 1 aromatic rings. The minimum atomic E-state index is -0.960. The zero-order chi connectivity index (χ0) is 14.4. The van der Waals surface area contributed by atoms with Gasteiger partial charge in [-0.25, -0.2) is 4.39 Å². The highest BCUT2D eigenvalue weighted by molar-refractivity contribution is 5.39. The summed E-state index contributed by atoms with van der Waals surface area (Å²) >= 11 is 0. The van der Waals surface area contributed by atoms with Gasteiger partial charge in [0.15, 0.2) is 0 Å². The molecular formula is C17H22FNO2. The Morgan fingerprint density at radius 1 is 1.19 bits per heavy atom. The van der Waals surface area contributed by atoms with E-state index in [0.717, 1.165) is 12.8 Å². The maximum Gasteiger partial charge on any atom is 0.125 e. The molecule has 2 aliphatic heterocycles. The average molecular weight is 291 g/mol. The van der Waals surface area contributed by atoms with Gasteiger partial charge in [-0.15, -0.1) is 0 Å². The number of benzene rings is 1. The van der Waals surface area contributed by atoms with E-state index in [9.17, 15) is 9.50 Å². The van der Waals surface area contributed by atoms with Crippen molar-refractivity contribution in [2.45, 2.75) is 56.2 Å². The number of rotatable bonds is 4. The van der Waals surface area contributed by atoms with Crippen molar-refractivity contribution in [3.8, 4) is 5.75 Å². The summed E-state index contributed by atoms with van der Waals surface area (Å²) in [7, 11) is 0. The van der Waals surface area contributed by atoms with Crippen LogP contribution in [0.2, 0.25) is 0 Å². The number of aliphatic hydroxyl groups is 1. The summed E-state index contributed by atoms with van der Waals surface area (Å²) < 4.78 is 19.6. The molecule has 1 aromatic carbocycles. The predicted molar refractivity (Wildman–Crippen MR) is 77.7 cm³/mol. The van der Waals surface area contributed by atoms with Crippen LogP contribution in [0.25, 0.3) is 0 Å². The van der Waals surface area contributed by atoms with E-state index >= 15 is 0 Å². The number of halogens is 1. The summed E-state index contributed by atoms with van der Waals surface area (Å²) in [5, 5.41) is 14.6. The lowest BCUT2D eigenvalue weighted by molar-refractivity contribution is -0.0140. The zero-order valence-electron chi connectivity index (χ0n) is 12.1.